The van der Waals surface area contributed by atoms with E-state index in [9.17, 15) is 4.79 Å². The van der Waals surface area contributed by atoms with Gasteiger partial charge in [-0.1, -0.05) is 35.5 Å². The molecule has 3 heterocycles. The second-order valence-electron chi connectivity index (χ2n) is 7.08. The van der Waals surface area contributed by atoms with Gasteiger partial charge in [-0.25, -0.2) is 4.68 Å². The van der Waals surface area contributed by atoms with Crippen LogP contribution in [0.3, 0.4) is 0 Å². The zero-order valence-electron chi connectivity index (χ0n) is 16.6. The van der Waals surface area contributed by atoms with E-state index in [0.29, 0.717) is 42.7 Å². The molecule has 1 aliphatic rings. The van der Waals surface area contributed by atoms with E-state index >= 15 is 0 Å². The maximum atomic E-state index is 12.7. The topological polar surface area (TPSA) is 99.2 Å². The van der Waals surface area contributed by atoms with Gasteiger partial charge in [0.25, 0.3) is 11.8 Å². The van der Waals surface area contributed by atoms with E-state index in [4.69, 9.17) is 9.26 Å². The average Bonchev–Trinajstić information content (AvgIpc) is 3.43. The van der Waals surface area contributed by atoms with Gasteiger partial charge in [-0.3, -0.25) is 4.79 Å². The highest BCUT2D eigenvalue weighted by Gasteiger charge is 2.28. The smallest absolute Gasteiger partial charge is 0.280 e. The molecule has 9 heteroatoms. The Hall–Kier alpha value is -3.23. The van der Waals surface area contributed by atoms with Crippen LogP contribution in [0.5, 0.6) is 5.75 Å². The molecule has 1 fully saturated rings. The molecule has 0 bridgehead atoms. The lowest BCUT2D eigenvalue weighted by molar-refractivity contribution is -0.139. The Kier molecular flexibility index (Phi) is 5.55. The summed E-state index contributed by atoms with van der Waals surface area (Å²) >= 11 is 0. The SMILES string of the molecule is CCc1noc(-c2cn(C3CCN(C(=O)C(C)Oc4ccccc4)CC3)nn2)n1. The van der Waals surface area contributed by atoms with Crippen molar-refractivity contribution in [1.82, 2.24) is 30.0 Å². The Morgan fingerprint density at radius 3 is 2.72 bits per heavy atom. The summed E-state index contributed by atoms with van der Waals surface area (Å²) in [6.45, 7) is 5.07. The number of ether oxygens (including phenoxy) is 1. The minimum Gasteiger partial charge on any atom is -0.481 e. The Morgan fingerprint density at radius 2 is 2.03 bits per heavy atom. The molecule has 3 aromatic rings. The number of rotatable bonds is 6. The van der Waals surface area contributed by atoms with Crippen molar-refractivity contribution in [3.05, 3.63) is 42.4 Å². The summed E-state index contributed by atoms with van der Waals surface area (Å²) < 4.78 is 12.8. The number of aryl methyl sites for hydroxylation is 1. The molecule has 0 spiro atoms. The molecule has 1 unspecified atom stereocenters. The summed E-state index contributed by atoms with van der Waals surface area (Å²) in [5.41, 5.74) is 0.570. The standard InChI is InChI=1S/C20H24N6O3/c1-3-18-21-19(29-23-18)17-13-26(24-22-17)15-9-11-25(12-10-15)20(27)14(2)28-16-7-5-4-6-8-16/h4-8,13-15H,3,9-12H2,1-2H3. The van der Waals surface area contributed by atoms with Crippen LogP contribution in [0.1, 0.15) is 38.6 Å². The first-order valence-corrected chi connectivity index (χ1v) is 9.89. The van der Waals surface area contributed by atoms with Crippen LogP contribution >= 0.6 is 0 Å². The highest BCUT2D eigenvalue weighted by molar-refractivity contribution is 5.81. The van der Waals surface area contributed by atoms with Crippen LogP contribution in [0, 0.1) is 0 Å². The van der Waals surface area contributed by atoms with E-state index in [2.05, 4.69) is 20.5 Å². The summed E-state index contributed by atoms with van der Waals surface area (Å²) in [4.78, 5) is 18.8. The lowest BCUT2D eigenvalue weighted by atomic mass is 10.0. The molecule has 1 atom stereocenters. The molecular formula is C20H24N6O3. The summed E-state index contributed by atoms with van der Waals surface area (Å²) in [5.74, 6) is 1.73. The number of benzene rings is 1. The Balaban J connectivity index is 1.33. The van der Waals surface area contributed by atoms with Crippen molar-refractivity contribution in [2.45, 2.75) is 45.3 Å². The summed E-state index contributed by atoms with van der Waals surface area (Å²) in [5, 5.41) is 12.3. The second kappa shape index (κ2) is 8.42. The van der Waals surface area contributed by atoms with Gasteiger partial charge in [0.15, 0.2) is 17.6 Å². The second-order valence-corrected chi connectivity index (χ2v) is 7.08. The molecule has 0 radical (unpaired) electrons. The fourth-order valence-corrected chi connectivity index (χ4v) is 3.42. The molecular weight excluding hydrogens is 372 g/mol. The lowest BCUT2D eigenvalue weighted by Crippen LogP contribution is -2.45. The number of likely N-dealkylation sites (tertiary alicyclic amines) is 1. The fraction of sp³-hybridized carbons (Fsp3) is 0.450. The molecule has 29 heavy (non-hydrogen) atoms. The number of aromatic nitrogens is 5. The van der Waals surface area contributed by atoms with Gasteiger partial charge in [-0.05, 0) is 31.9 Å². The van der Waals surface area contributed by atoms with Crippen molar-refractivity contribution in [3.63, 3.8) is 0 Å². The van der Waals surface area contributed by atoms with Crippen LogP contribution < -0.4 is 4.74 Å². The zero-order chi connectivity index (χ0) is 20.2. The van der Waals surface area contributed by atoms with Gasteiger partial charge >= 0.3 is 0 Å². The lowest BCUT2D eigenvalue weighted by Gasteiger charge is -2.33. The van der Waals surface area contributed by atoms with Gasteiger partial charge in [-0.15, -0.1) is 5.10 Å². The molecule has 152 valence electrons. The molecule has 1 saturated heterocycles. The molecule has 2 aromatic heterocycles. The van der Waals surface area contributed by atoms with E-state index < -0.39 is 6.10 Å². The van der Waals surface area contributed by atoms with Crippen LogP contribution in [-0.2, 0) is 11.2 Å². The van der Waals surface area contributed by atoms with Crippen molar-refractivity contribution in [2.24, 2.45) is 0 Å². The maximum absolute atomic E-state index is 12.7. The van der Waals surface area contributed by atoms with E-state index in [1.54, 1.807) is 6.92 Å². The first-order chi connectivity index (χ1) is 14.1. The number of carbonyl (C=O) groups excluding carboxylic acids is 1. The Bertz CT molecular complexity index is 946. The molecule has 4 rings (SSSR count). The monoisotopic (exact) mass is 396 g/mol. The van der Waals surface area contributed by atoms with Crippen molar-refractivity contribution >= 4 is 5.91 Å². The third-order valence-corrected chi connectivity index (χ3v) is 5.07. The predicted molar refractivity (Wildman–Crippen MR) is 104 cm³/mol. The zero-order valence-corrected chi connectivity index (χ0v) is 16.6. The van der Waals surface area contributed by atoms with Gasteiger partial charge in [0.05, 0.1) is 12.2 Å². The van der Waals surface area contributed by atoms with Gasteiger partial charge in [0, 0.05) is 19.5 Å². The molecule has 1 aromatic carbocycles. The third kappa shape index (κ3) is 4.28. The first-order valence-electron chi connectivity index (χ1n) is 9.89. The van der Waals surface area contributed by atoms with Crippen molar-refractivity contribution in [2.75, 3.05) is 13.1 Å². The van der Waals surface area contributed by atoms with Crippen LogP contribution in [-0.4, -0.2) is 55.1 Å². The fourth-order valence-electron chi connectivity index (χ4n) is 3.42. The van der Waals surface area contributed by atoms with Crippen LogP contribution in [0.4, 0.5) is 0 Å². The van der Waals surface area contributed by atoms with E-state index in [-0.39, 0.29) is 11.9 Å². The average molecular weight is 396 g/mol. The summed E-state index contributed by atoms with van der Waals surface area (Å²) in [6, 6.07) is 9.58. The number of hydrogen-bond acceptors (Lipinski definition) is 7. The van der Waals surface area contributed by atoms with Crippen molar-refractivity contribution in [3.8, 4) is 17.3 Å². The Morgan fingerprint density at radius 1 is 1.28 bits per heavy atom. The molecule has 0 aliphatic carbocycles. The summed E-state index contributed by atoms with van der Waals surface area (Å²) in [6.07, 6.45) is 3.62. The van der Waals surface area contributed by atoms with Crippen LogP contribution in [0.2, 0.25) is 0 Å². The minimum atomic E-state index is -0.516. The van der Waals surface area contributed by atoms with E-state index in [1.807, 2.05) is 53.0 Å². The highest BCUT2D eigenvalue weighted by Crippen LogP contribution is 2.24. The number of amides is 1. The largest absolute Gasteiger partial charge is 0.481 e. The number of nitrogens with zero attached hydrogens (tertiary/aromatic N) is 6. The predicted octanol–water partition coefficient (Wildman–Crippen LogP) is 2.52. The van der Waals surface area contributed by atoms with E-state index in [1.165, 1.54) is 0 Å². The van der Waals surface area contributed by atoms with Gasteiger partial charge < -0.3 is 14.2 Å². The molecule has 9 nitrogen and oxygen atoms in total. The highest BCUT2D eigenvalue weighted by atomic mass is 16.5. The maximum Gasteiger partial charge on any atom is 0.280 e. The summed E-state index contributed by atoms with van der Waals surface area (Å²) in [7, 11) is 0. The quantitative estimate of drug-likeness (QED) is 0.631. The van der Waals surface area contributed by atoms with E-state index in [0.717, 1.165) is 12.8 Å². The normalized spacial score (nSPS) is 16.0. The van der Waals surface area contributed by atoms with Gasteiger partial charge in [0.2, 0.25) is 0 Å². The minimum absolute atomic E-state index is 0.00420. The number of carbonyl (C=O) groups is 1. The number of hydrogen-bond donors (Lipinski definition) is 0. The molecule has 0 saturated carbocycles. The van der Waals surface area contributed by atoms with Crippen LogP contribution in [0.25, 0.3) is 11.6 Å². The number of piperidine rings is 1. The van der Waals surface area contributed by atoms with Crippen molar-refractivity contribution in [1.29, 1.82) is 0 Å². The number of para-hydroxylation sites is 1. The first kappa shape index (κ1) is 19.1. The molecule has 1 amide bonds. The van der Waals surface area contributed by atoms with Crippen molar-refractivity contribution < 1.29 is 14.1 Å². The third-order valence-electron chi connectivity index (χ3n) is 5.07. The molecule has 0 N–H and O–H groups in total. The Labute approximate surface area is 168 Å². The molecule has 1 aliphatic heterocycles. The van der Waals surface area contributed by atoms with Gasteiger partial charge in [-0.2, -0.15) is 4.98 Å². The van der Waals surface area contributed by atoms with Gasteiger partial charge in [0.1, 0.15) is 5.75 Å². The van der Waals surface area contributed by atoms with Crippen LogP contribution in [0.15, 0.2) is 41.1 Å².